The van der Waals surface area contributed by atoms with Crippen LogP contribution in [-0.4, -0.2) is 41.6 Å². The summed E-state index contributed by atoms with van der Waals surface area (Å²) in [5.41, 5.74) is 5.27. The van der Waals surface area contributed by atoms with E-state index in [1.165, 1.54) is 0 Å². The molecule has 10 heteroatoms. The number of halogens is 1. The topological polar surface area (TPSA) is 99.6 Å². The maximum atomic E-state index is 10.4. The molecule has 0 bridgehead atoms. The number of hydrogen-bond donors (Lipinski definition) is 1. The molecule has 6 aromatic rings. The highest BCUT2D eigenvalue weighted by atomic mass is 35.5. The highest BCUT2D eigenvalue weighted by molar-refractivity contribution is 6.30. The normalized spacial score (nSPS) is 14.1. The maximum absolute atomic E-state index is 10.4. The van der Waals surface area contributed by atoms with E-state index in [4.69, 9.17) is 31.2 Å². The minimum absolute atomic E-state index is 0.0964. The Morgan fingerprint density at radius 2 is 1.79 bits per heavy atom. The number of para-hydroxylation sites is 1. The third-order valence-electron chi connectivity index (χ3n) is 6.87. The van der Waals surface area contributed by atoms with Gasteiger partial charge in [-0.1, -0.05) is 41.9 Å². The zero-order valence-corrected chi connectivity index (χ0v) is 21.7. The Bertz CT molecular complexity index is 1880. The molecule has 0 saturated carbocycles. The fourth-order valence-electron chi connectivity index (χ4n) is 5.07. The summed E-state index contributed by atoms with van der Waals surface area (Å²) in [7, 11) is 1.64. The van der Waals surface area contributed by atoms with Gasteiger partial charge in [0, 0.05) is 5.02 Å². The molecule has 1 aliphatic rings. The summed E-state index contributed by atoms with van der Waals surface area (Å²) in [5, 5.41) is 20.5. The van der Waals surface area contributed by atoms with Crippen LogP contribution in [0.2, 0.25) is 5.02 Å². The Labute approximate surface area is 227 Å². The average molecular weight is 537 g/mol. The Hall–Kier alpha value is -4.89. The van der Waals surface area contributed by atoms with E-state index in [9.17, 15) is 5.11 Å². The van der Waals surface area contributed by atoms with E-state index in [1.807, 2.05) is 61.5 Å². The van der Waals surface area contributed by atoms with E-state index in [-0.39, 0.29) is 11.7 Å². The first kappa shape index (κ1) is 23.2. The molecule has 1 aliphatic heterocycles. The molecule has 9 nitrogen and oxygen atoms in total. The zero-order chi connectivity index (χ0) is 26.7. The number of ether oxygens (including phenoxy) is 2. The smallest absolute Gasteiger partial charge is 0.230 e. The molecule has 0 fully saturated rings. The zero-order valence-electron chi connectivity index (χ0n) is 20.9. The molecule has 4 heterocycles. The monoisotopic (exact) mass is 536 g/mol. The van der Waals surface area contributed by atoms with Crippen molar-refractivity contribution in [1.82, 2.24) is 29.4 Å². The fourth-order valence-corrected chi connectivity index (χ4v) is 5.25. The third kappa shape index (κ3) is 3.70. The van der Waals surface area contributed by atoms with Crippen LogP contribution in [0.3, 0.4) is 0 Å². The number of methoxy groups -OCH3 is 1. The Balaban J connectivity index is 1.49. The van der Waals surface area contributed by atoms with Gasteiger partial charge < -0.3 is 14.6 Å². The van der Waals surface area contributed by atoms with Crippen LogP contribution in [0.1, 0.15) is 28.3 Å². The van der Waals surface area contributed by atoms with Gasteiger partial charge in [-0.15, -0.1) is 5.10 Å². The molecule has 0 unspecified atom stereocenters. The Morgan fingerprint density at radius 3 is 2.56 bits per heavy atom. The van der Waals surface area contributed by atoms with Crippen LogP contribution in [0.25, 0.3) is 22.7 Å². The molecular formula is C29H21ClN6O3. The lowest BCUT2D eigenvalue weighted by Crippen LogP contribution is -2.16. The van der Waals surface area contributed by atoms with Crippen molar-refractivity contribution < 1.29 is 14.6 Å². The van der Waals surface area contributed by atoms with Crippen LogP contribution in [0, 0.1) is 6.92 Å². The summed E-state index contributed by atoms with van der Waals surface area (Å²) in [6.45, 7) is 1.95. The van der Waals surface area contributed by atoms with Gasteiger partial charge in [-0.3, -0.25) is 0 Å². The van der Waals surface area contributed by atoms with Gasteiger partial charge in [-0.05, 0) is 55.0 Å². The van der Waals surface area contributed by atoms with E-state index in [0.717, 1.165) is 33.8 Å². The van der Waals surface area contributed by atoms with Crippen molar-refractivity contribution >= 4 is 17.2 Å². The lowest BCUT2D eigenvalue weighted by Gasteiger charge is -2.26. The largest absolute Gasteiger partial charge is 0.507 e. The summed E-state index contributed by atoms with van der Waals surface area (Å²) in [6, 6.07) is 22.3. The molecule has 0 spiro atoms. The molecule has 3 aromatic carbocycles. The standard InChI is InChI=1S/C29H21ClN6O3/c1-16-23-24(17-10-12-20(38-2)13-11-17)25-27-32-26(21-8-3-4-9-22(21)37)34-35(27)15-31-28(25)39-29(23)36(33-16)19-7-5-6-18(30)14-19/h3-15,24,37H,1-2H3/t24-/m0/s1. The van der Waals surface area contributed by atoms with Crippen molar-refractivity contribution in [2.45, 2.75) is 12.8 Å². The van der Waals surface area contributed by atoms with Crippen molar-refractivity contribution in [3.05, 3.63) is 107 Å². The number of phenols is 1. The van der Waals surface area contributed by atoms with Gasteiger partial charge in [-0.2, -0.15) is 5.10 Å². The van der Waals surface area contributed by atoms with Crippen molar-refractivity contribution in [1.29, 1.82) is 0 Å². The Kier molecular flexibility index (Phi) is 5.27. The highest BCUT2D eigenvalue weighted by Gasteiger charge is 2.38. The molecule has 0 radical (unpaired) electrons. The van der Waals surface area contributed by atoms with Gasteiger partial charge in [0.25, 0.3) is 0 Å². The molecule has 0 saturated heterocycles. The van der Waals surface area contributed by atoms with E-state index >= 15 is 0 Å². The predicted molar refractivity (Wildman–Crippen MR) is 145 cm³/mol. The third-order valence-corrected chi connectivity index (χ3v) is 7.10. The predicted octanol–water partition coefficient (Wildman–Crippen LogP) is 5.94. The summed E-state index contributed by atoms with van der Waals surface area (Å²) < 4.78 is 15.2. The molecule has 192 valence electrons. The SMILES string of the molecule is COc1ccc([C@H]2c3c(C)nn(-c4cccc(Cl)c4)c3Oc3ncn4nc(-c5ccccc5O)nc4c32)cc1. The number of aryl methyl sites for hydroxylation is 1. The average Bonchev–Trinajstić information content (AvgIpc) is 3.53. The molecule has 39 heavy (non-hydrogen) atoms. The number of hydrogen-bond acceptors (Lipinski definition) is 7. The molecule has 7 rings (SSSR count). The first-order chi connectivity index (χ1) is 19.0. The summed E-state index contributed by atoms with van der Waals surface area (Å²) >= 11 is 6.31. The van der Waals surface area contributed by atoms with Gasteiger partial charge in [0.1, 0.15) is 17.8 Å². The number of aromatic hydroxyl groups is 1. The van der Waals surface area contributed by atoms with E-state index in [2.05, 4.69) is 10.1 Å². The van der Waals surface area contributed by atoms with E-state index < -0.39 is 0 Å². The van der Waals surface area contributed by atoms with Crippen LogP contribution in [-0.2, 0) is 0 Å². The number of rotatable bonds is 4. The summed E-state index contributed by atoms with van der Waals surface area (Å²) in [4.78, 5) is 9.48. The quantitative estimate of drug-likeness (QED) is 0.297. The van der Waals surface area contributed by atoms with Crippen LogP contribution in [0.4, 0.5) is 0 Å². The van der Waals surface area contributed by atoms with Crippen LogP contribution < -0.4 is 9.47 Å². The number of fused-ring (bicyclic) bond motifs is 4. The van der Waals surface area contributed by atoms with Crippen molar-refractivity contribution in [3.8, 4) is 40.3 Å². The minimum Gasteiger partial charge on any atom is -0.507 e. The number of phenolic OH excluding ortho intramolecular Hbond substituents is 1. The van der Waals surface area contributed by atoms with Gasteiger partial charge in [-0.25, -0.2) is 19.2 Å². The van der Waals surface area contributed by atoms with Crippen molar-refractivity contribution in [2.75, 3.05) is 7.11 Å². The first-order valence-corrected chi connectivity index (χ1v) is 12.6. The number of aromatic nitrogens is 6. The summed E-state index contributed by atoms with van der Waals surface area (Å²) in [6.07, 6.45) is 1.56. The Morgan fingerprint density at radius 1 is 0.974 bits per heavy atom. The van der Waals surface area contributed by atoms with Crippen molar-refractivity contribution in [2.24, 2.45) is 0 Å². The van der Waals surface area contributed by atoms with Gasteiger partial charge in [0.2, 0.25) is 11.8 Å². The molecule has 3 aromatic heterocycles. The van der Waals surface area contributed by atoms with Crippen LogP contribution >= 0.6 is 11.6 Å². The first-order valence-electron chi connectivity index (χ1n) is 12.2. The van der Waals surface area contributed by atoms with Gasteiger partial charge >= 0.3 is 0 Å². The number of nitrogens with zero attached hydrogens (tertiary/aromatic N) is 6. The molecular weight excluding hydrogens is 516 g/mol. The lowest BCUT2D eigenvalue weighted by molar-refractivity contribution is 0.402. The second-order valence-corrected chi connectivity index (χ2v) is 9.62. The van der Waals surface area contributed by atoms with Gasteiger partial charge in [0.05, 0.1) is 41.1 Å². The molecule has 0 amide bonds. The summed E-state index contributed by atoms with van der Waals surface area (Å²) in [5.74, 6) is 1.86. The second kappa shape index (κ2) is 8.85. The van der Waals surface area contributed by atoms with Crippen LogP contribution in [0.15, 0.2) is 79.1 Å². The molecule has 1 atom stereocenters. The minimum atomic E-state index is -0.319. The number of benzene rings is 3. The van der Waals surface area contributed by atoms with E-state index in [1.54, 1.807) is 40.8 Å². The molecule has 1 N–H and O–H groups in total. The van der Waals surface area contributed by atoms with E-state index in [0.29, 0.717) is 33.8 Å². The second-order valence-electron chi connectivity index (χ2n) is 9.19. The van der Waals surface area contributed by atoms with Crippen LogP contribution in [0.5, 0.6) is 23.3 Å². The fraction of sp³-hybridized carbons (Fsp3) is 0.103. The molecule has 0 aliphatic carbocycles. The highest BCUT2D eigenvalue weighted by Crippen LogP contribution is 2.50. The maximum Gasteiger partial charge on any atom is 0.230 e. The van der Waals surface area contributed by atoms with Gasteiger partial charge in [0.15, 0.2) is 11.5 Å². The lowest BCUT2D eigenvalue weighted by atomic mass is 9.84. The van der Waals surface area contributed by atoms with Crippen molar-refractivity contribution in [3.63, 3.8) is 0 Å².